The highest BCUT2D eigenvalue weighted by Crippen LogP contribution is 2.32. The van der Waals surface area contributed by atoms with E-state index in [2.05, 4.69) is 56.3 Å². The molecule has 0 spiro atoms. The third-order valence-corrected chi connectivity index (χ3v) is 3.61. The molecular formula is C21H24O2. The lowest BCUT2D eigenvalue weighted by atomic mass is 10.0. The van der Waals surface area contributed by atoms with Crippen LogP contribution in [0.1, 0.15) is 30.5 Å². The van der Waals surface area contributed by atoms with Crippen molar-refractivity contribution in [3.05, 3.63) is 70.8 Å². The summed E-state index contributed by atoms with van der Waals surface area (Å²) < 4.78 is 11.1. The third-order valence-electron chi connectivity index (χ3n) is 3.61. The van der Waals surface area contributed by atoms with E-state index in [-0.39, 0.29) is 0 Å². The Hall–Kier alpha value is -2.48. The van der Waals surface area contributed by atoms with Crippen molar-refractivity contribution >= 4 is 12.2 Å². The van der Waals surface area contributed by atoms with Crippen LogP contribution in [0.2, 0.25) is 0 Å². The number of methoxy groups -OCH3 is 2. The quantitative estimate of drug-likeness (QED) is 0.526. The van der Waals surface area contributed by atoms with Crippen molar-refractivity contribution in [2.45, 2.75) is 20.3 Å². The molecular weight excluding hydrogens is 284 g/mol. The van der Waals surface area contributed by atoms with E-state index in [0.29, 0.717) is 0 Å². The summed E-state index contributed by atoms with van der Waals surface area (Å²) in [5.74, 6) is 1.71. The molecule has 0 amide bonds. The van der Waals surface area contributed by atoms with E-state index in [1.807, 2.05) is 18.2 Å². The van der Waals surface area contributed by atoms with E-state index in [9.17, 15) is 0 Å². The van der Waals surface area contributed by atoms with Crippen LogP contribution in [-0.4, -0.2) is 14.2 Å². The summed E-state index contributed by atoms with van der Waals surface area (Å²) in [4.78, 5) is 0. The van der Waals surface area contributed by atoms with Gasteiger partial charge in [-0.25, -0.2) is 0 Å². The SMILES string of the molecule is COc1cc(/C=C/c2ccccc2)cc(OC)c1CC=C(C)C. The summed E-state index contributed by atoms with van der Waals surface area (Å²) in [5.41, 5.74) is 4.58. The Morgan fingerprint density at radius 1 is 0.870 bits per heavy atom. The maximum atomic E-state index is 5.57. The second-order valence-corrected chi connectivity index (χ2v) is 5.63. The van der Waals surface area contributed by atoms with Crippen molar-refractivity contribution in [3.8, 4) is 11.5 Å². The predicted molar refractivity (Wildman–Crippen MR) is 98.1 cm³/mol. The average molecular weight is 308 g/mol. The first-order chi connectivity index (χ1) is 11.1. The van der Waals surface area contributed by atoms with Gasteiger partial charge in [0.15, 0.2) is 0 Å². The minimum absolute atomic E-state index is 0.803. The topological polar surface area (TPSA) is 18.5 Å². The van der Waals surface area contributed by atoms with Gasteiger partial charge in [-0.1, -0.05) is 54.1 Å². The molecule has 0 N–H and O–H groups in total. The van der Waals surface area contributed by atoms with E-state index in [1.54, 1.807) is 14.2 Å². The zero-order valence-corrected chi connectivity index (χ0v) is 14.3. The molecule has 0 aromatic heterocycles. The smallest absolute Gasteiger partial charge is 0.126 e. The Morgan fingerprint density at radius 2 is 1.43 bits per heavy atom. The second kappa shape index (κ2) is 8.23. The Labute approximate surface area is 139 Å². The largest absolute Gasteiger partial charge is 0.496 e. The fourth-order valence-corrected chi connectivity index (χ4v) is 2.36. The minimum Gasteiger partial charge on any atom is -0.496 e. The van der Waals surface area contributed by atoms with Crippen LogP contribution in [0, 0.1) is 0 Å². The molecule has 0 bridgehead atoms. The zero-order valence-electron chi connectivity index (χ0n) is 14.3. The lowest BCUT2D eigenvalue weighted by molar-refractivity contribution is 0.387. The van der Waals surface area contributed by atoms with Crippen LogP contribution in [0.3, 0.4) is 0 Å². The molecule has 0 heterocycles. The van der Waals surface area contributed by atoms with Gasteiger partial charge in [0, 0.05) is 5.56 Å². The molecule has 2 rings (SSSR count). The summed E-state index contributed by atoms with van der Waals surface area (Å²) in [5, 5.41) is 0. The first-order valence-corrected chi connectivity index (χ1v) is 7.75. The van der Waals surface area contributed by atoms with E-state index in [1.165, 1.54) is 11.1 Å². The lowest BCUT2D eigenvalue weighted by Gasteiger charge is -2.13. The van der Waals surface area contributed by atoms with Gasteiger partial charge in [-0.15, -0.1) is 0 Å². The zero-order chi connectivity index (χ0) is 16.7. The van der Waals surface area contributed by atoms with Crippen molar-refractivity contribution in [1.29, 1.82) is 0 Å². The molecule has 0 atom stereocenters. The molecule has 2 heteroatoms. The van der Waals surface area contributed by atoms with Gasteiger partial charge in [0.2, 0.25) is 0 Å². The van der Waals surface area contributed by atoms with Gasteiger partial charge in [0.25, 0.3) is 0 Å². The molecule has 0 aliphatic rings. The van der Waals surface area contributed by atoms with Gasteiger partial charge in [-0.05, 0) is 43.5 Å². The summed E-state index contributed by atoms with van der Waals surface area (Å²) in [6.07, 6.45) is 7.15. The van der Waals surface area contributed by atoms with Crippen LogP contribution in [0.5, 0.6) is 11.5 Å². The Morgan fingerprint density at radius 3 is 1.96 bits per heavy atom. The molecule has 0 aliphatic carbocycles. The number of hydrogen-bond acceptors (Lipinski definition) is 2. The predicted octanol–water partition coefficient (Wildman–Crippen LogP) is 5.38. The highest BCUT2D eigenvalue weighted by atomic mass is 16.5. The molecule has 0 unspecified atom stereocenters. The molecule has 0 fully saturated rings. The maximum Gasteiger partial charge on any atom is 0.126 e. The first kappa shape index (κ1) is 16.9. The Balaban J connectivity index is 2.35. The van der Waals surface area contributed by atoms with Crippen molar-refractivity contribution in [2.24, 2.45) is 0 Å². The number of hydrogen-bond donors (Lipinski definition) is 0. The molecule has 0 saturated carbocycles. The Kier molecular flexibility index (Phi) is 6.04. The van der Waals surface area contributed by atoms with Crippen molar-refractivity contribution in [2.75, 3.05) is 14.2 Å². The molecule has 120 valence electrons. The highest BCUT2D eigenvalue weighted by molar-refractivity contribution is 5.71. The number of rotatable bonds is 6. The molecule has 0 saturated heterocycles. The summed E-state index contributed by atoms with van der Waals surface area (Å²) in [6.45, 7) is 4.19. The van der Waals surface area contributed by atoms with Crippen molar-refractivity contribution in [1.82, 2.24) is 0 Å². The minimum atomic E-state index is 0.803. The van der Waals surface area contributed by atoms with E-state index >= 15 is 0 Å². The van der Waals surface area contributed by atoms with E-state index < -0.39 is 0 Å². The fourth-order valence-electron chi connectivity index (χ4n) is 2.36. The van der Waals surface area contributed by atoms with Gasteiger partial charge in [-0.2, -0.15) is 0 Å². The number of benzene rings is 2. The van der Waals surface area contributed by atoms with Gasteiger partial charge < -0.3 is 9.47 Å². The first-order valence-electron chi connectivity index (χ1n) is 7.75. The van der Waals surface area contributed by atoms with Crippen LogP contribution in [-0.2, 0) is 6.42 Å². The fraction of sp³-hybridized carbons (Fsp3) is 0.238. The monoisotopic (exact) mass is 308 g/mol. The van der Waals surface area contributed by atoms with Gasteiger partial charge >= 0.3 is 0 Å². The van der Waals surface area contributed by atoms with Crippen LogP contribution >= 0.6 is 0 Å². The average Bonchev–Trinajstić information content (AvgIpc) is 2.58. The second-order valence-electron chi connectivity index (χ2n) is 5.63. The molecule has 2 nitrogen and oxygen atoms in total. The van der Waals surface area contributed by atoms with Crippen molar-refractivity contribution < 1.29 is 9.47 Å². The van der Waals surface area contributed by atoms with Crippen molar-refractivity contribution in [3.63, 3.8) is 0 Å². The van der Waals surface area contributed by atoms with Gasteiger partial charge in [0.1, 0.15) is 11.5 Å². The van der Waals surface area contributed by atoms with Crippen LogP contribution in [0.15, 0.2) is 54.1 Å². The van der Waals surface area contributed by atoms with Crippen LogP contribution in [0.4, 0.5) is 0 Å². The van der Waals surface area contributed by atoms with Crippen LogP contribution in [0.25, 0.3) is 12.2 Å². The number of ether oxygens (including phenoxy) is 2. The highest BCUT2D eigenvalue weighted by Gasteiger charge is 2.10. The summed E-state index contributed by atoms with van der Waals surface area (Å²) >= 11 is 0. The molecule has 23 heavy (non-hydrogen) atoms. The third kappa shape index (κ3) is 4.75. The summed E-state index contributed by atoms with van der Waals surface area (Å²) in [6, 6.07) is 14.3. The maximum absolute atomic E-state index is 5.57. The molecule has 2 aromatic rings. The van der Waals surface area contributed by atoms with Crippen LogP contribution < -0.4 is 9.47 Å². The lowest BCUT2D eigenvalue weighted by Crippen LogP contribution is -1.97. The molecule has 0 aliphatic heterocycles. The standard InChI is InChI=1S/C21H24O2/c1-16(2)10-13-19-20(22-3)14-18(15-21(19)23-4)12-11-17-8-6-5-7-9-17/h5-12,14-15H,13H2,1-4H3/b12-11+. The number of allylic oxidation sites excluding steroid dienone is 2. The van der Waals surface area contributed by atoms with Gasteiger partial charge in [0.05, 0.1) is 14.2 Å². The van der Waals surface area contributed by atoms with E-state index in [4.69, 9.17) is 9.47 Å². The molecule has 2 aromatic carbocycles. The molecule has 0 radical (unpaired) electrons. The normalized spacial score (nSPS) is 10.6. The Bertz CT molecular complexity index is 668. The van der Waals surface area contributed by atoms with E-state index in [0.717, 1.165) is 29.0 Å². The van der Waals surface area contributed by atoms with Gasteiger partial charge in [-0.3, -0.25) is 0 Å². The summed E-state index contributed by atoms with van der Waals surface area (Å²) in [7, 11) is 3.40.